The maximum atomic E-state index is 4.69. The third-order valence-electron chi connectivity index (χ3n) is 4.46. The van der Waals surface area contributed by atoms with Crippen LogP contribution in [0.4, 0.5) is 0 Å². The maximum Gasteiger partial charge on any atom is 0.191 e. The molecule has 1 aromatic heterocycles. The van der Waals surface area contributed by atoms with Gasteiger partial charge in [0.2, 0.25) is 0 Å². The number of nitrogens with one attached hydrogen (secondary N) is 2. The lowest BCUT2D eigenvalue weighted by Crippen LogP contribution is -2.44. The van der Waals surface area contributed by atoms with E-state index in [1.165, 1.54) is 5.56 Å². The first-order valence-corrected chi connectivity index (χ1v) is 8.51. The van der Waals surface area contributed by atoms with Crippen LogP contribution in [0, 0.1) is 19.8 Å². The van der Waals surface area contributed by atoms with Gasteiger partial charge in [-0.2, -0.15) is 5.10 Å². The molecule has 24 heavy (non-hydrogen) atoms. The number of aromatic nitrogens is 2. The number of hydrogen-bond acceptors (Lipinski definition) is 2. The van der Waals surface area contributed by atoms with Crippen LogP contribution in [0.2, 0.25) is 0 Å². The first kappa shape index (κ1) is 18.0. The molecule has 2 N–H and O–H groups in total. The van der Waals surface area contributed by atoms with E-state index in [2.05, 4.69) is 67.5 Å². The highest BCUT2D eigenvalue weighted by atomic mass is 15.3. The minimum Gasteiger partial charge on any atom is -0.354 e. The van der Waals surface area contributed by atoms with Crippen molar-refractivity contribution < 1.29 is 0 Å². The molecule has 130 valence electrons. The summed E-state index contributed by atoms with van der Waals surface area (Å²) >= 11 is 0. The number of guanidine groups is 1. The molecular formula is C19H29N5. The Morgan fingerprint density at radius 2 is 1.83 bits per heavy atom. The fourth-order valence-electron chi connectivity index (χ4n) is 2.50. The van der Waals surface area contributed by atoms with E-state index in [9.17, 15) is 0 Å². The molecule has 1 atom stereocenters. The van der Waals surface area contributed by atoms with Gasteiger partial charge >= 0.3 is 0 Å². The molecule has 2 rings (SSSR count). The molecule has 1 heterocycles. The van der Waals surface area contributed by atoms with Crippen LogP contribution in [0.25, 0.3) is 5.69 Å². The quantitative estimate of drug-likeness (QED) is 0.655. The second-order valence-corrected chi connectivity index (χ2v) is 6.50. The molecule has 0 aliphatic carbocycles. The Bertz CT molecular complexity index is 685. The van der Waals surface area contributed by atoms with Gasteiger partial charge in [0.1, 0.15) is 0 Å². The average Bonchev–Trinajstić information content (AvgIpc) is 2.86. The van der Waals surface area contributed by atoms with Crippen molar-refractivity contribution in [3.63, 3.8) is 0 Å². The Morgan fingerprint density at radius 1 is 1.17 bits per heavy atom. The van der Waals surface area contributed by atoms with Gasteiger partial charge in [0.05, 0.1) is 11.4 Å². The number of aliphatic imine (C=N–C) groups is 1. The number of nitrogens with zero attached hydrogens (tertiary/aromatic N) is 3. The molecule has 0 saturated heterocycles. The fourth-order valence-corrected chi connectivity index (χ4v) is 2.50. The van der Waals surface area contributed by atoms with Crippen LogP contribution >= 0.6 is 0 Å². The summed E-state index contributed by atoms with van der Waals surface area (Å²) in [5.41, 5.74) is 4.48. The number of hydrogen-bond donors (Lipinski definition) is 2. The second kappa shape index (κ2) is 7.99. The summed E-state index contributed by atoms with van der Waals surface area (Å²) in [5.74, 6) is 1.37. The lowest BCUT2D eigenvalue weighted by molar-refractivity contribution is 0.481. The first-order valence-electron chi connectivity index (χ1n) is 8.51. The van der Waals surface area contributed by atoms with Gasteiger partial charge in [-0.25, -0.2) is 4.68 Å². The Hall–Kier alpha value is -2.30. The molecule has 0 radical (unpaired) electrons. The topological polar surface area (TPSA) is 54.2 Å². The van der Waals surface area contributed by atoms with Crippen LogP contribution < -0.4 is 10.6 Å². The summed E-state index contributed by atoms with van der Waals surface area (Å²) in [6, 6.07) is 10.6. The number of rotatable bonds is 5. The summed E-state index contributed by atoms with van der Waals surface area (Å²) < 4.78 is 2.00. The van der Waals surface area contributed by atoms with Crippen molar-refractivity contribution in [1.82, 2.24) is 20.4 Å². The summed E-state index contributed by atoms with van der Waals surface area (Å²) in [6.07, 6.45) is 0. The largest absolute Gasteiger partial charge is 0.354 e. The number of aryl methyl sites for hydroxylation is 1. The van der Waals surface area contributed by atoms with Crippen molar-refractivity contribution in [2.24, 2.45) is 10.9 Å². The summed E-state index contributed by atoms with van der Waals surface area (Å²) in [6.45, 7) is 11.4. The summed E-state index contributed by atoms with van der Waals surface area (Å²) in [4.78, 5) is 4.32. The molecule has 0 amide bonds. The zero-order valence-corrected chi connectivity index (χ0v) is 15.6. The van der Waals surface area contributed by atoms with E-state index in [0.717, 1.165) is 23.0 Å². The molecule has 0 fully saturated rings. The molecule has 0 spiro atoms. The lowest BCUT2D eigenvalue weighted by atomic mass is 10.1. The van der Waals surface area contributed by atoms with E-state index in [0.29, 0.717) is 18.5 Å². The Balaban J connectivity index is 2.12. The van der Waals surface area contributed by atoms with E-state index in [1.807, 2.05) is 22.9 Å². The third kappa shape index (κ3) is 4.16. The number of para-hydroxylation sites is 1. The minimum atomic E-state index is 0.366. The molecule has 0 bridgehead atoms. The smallest absolute Gasteiger partial charge is 0.191 e. The van der Waals surface area contributed by atoms with Crippen LogP contribution in [-0.4, -0.2) is 28.8 Å². The normalized spacial score (nSPS) is 13.2. The average molecular weight is 327 g/mol. The lowest BCUT2D eigenvalue weighted by Gasteiger charge is -2.20. The minimum absolute atomic E-state index is 0.366. The van der Waals surface area contributed by atoms with Gasteiger partial charge in [-0.1, -0.05) is 32.0 Å². The van der Waals surface area contributed by atoms with E-state index in [-0.39, 0.29) is 0 Å². The third-order valence-corrected chi connectivity index (χ3v) is 4.46. The number of benzene rings is 1. The molecule has 0 saturated carbocycles. The molecule has 2 aromatic rings. The van der Waals surface area contributed by atoms with Crippen LogP contribution in [0.1, 0.15) is 37.7 Å². The van der Waals surface area contributed by atoms with Crippen molar-refractivity contribution in [2.45, 2.75) is 47.2 Å². The van der Waals surface area contributed by atoms with Crippen molar-refractivity contribution >= 4 is 5.96 Å². The van der Waals surface area contributed by atoms with E-state index in [4.69, 9.17) is 0 Å². The van der Waals surface area contributed by atoms with Gasteiger partial charge in [0.15, 0.2) is 5.96 Å². The molecule has 0 aliphatic rings. The predicted molar refractivity (Wildman–Crippen MR) is 101 cm³/mol. The van der Waals surface area contributed by atoms with Crippen molar-refractivity contribution in [3.8, 4) is 5.69 Å². The SMILES string of the molecule is CN=C(NCc1c(C)nn(-c2ccccc2)c1C)NC(C)C(C)C. The molecule has 1 aromatic carbocycles. The zero-order valence-electron chi connectivity index (χ0n) is 15.6. The van der Waals surface area contributed by atoms with Gasteiger partial charge in [-0.15, -0.1) is 0 Å². The Kier molecular flexibility index (Phi) is 6.01. The Labute approximate surface area is 145 Å². The van der Waals surface area contributed by atoms with Crippen molar-refractivity contribution in [1.29, 1.82) is 0 Å². The van der Waals surface area contributed by atoms with Gasteiger partial charge in [0, 0.05) is 30.9 Å². The Morgan fingerprint density at radius 3 is 2.42 bits per heavy atom. The highest BCUT2D eigenvalue weighted by Gasteiger charge is 2.14. The summed E-state index contributed by atoms with van der Waals surface area (Å²) in [7, 11) is 1.80. The van der Waals surface area contributed by atoms with Crippen molar-refractivity contribution in [3.05, 3.63) is 47.3 Å². The fraction of sp³-hybridized carbons (Fsp3) is 0.474. The van der Waals surface area contributed by atoms with Crippen LogP contribution in [-0.2, 0) is 6.54 Å². The van der Waals surface area contributed by atoms with Crippen molar-refractivity contribution in [2.75, 3.05) is 7.05 Å². The van der Waals surface area contributed by atoms with Gasteiger partial charge in [-0.05, 0) is 38.8 Å². The van der Waals surface area contributed by atoms with E-state index < -0.39 is 0 Å². The molecule has 0 aliphatic heterocycles. The maximum absolute atomic E-state index is 4.69. The van der Waals surface area contributed by atoms with Crippen LogP contribution in [0.15, 0.2) is 35.3 Å². The van der Waals surface area contributed by atoms with E-state index >= 15 is 0 Å². The van der Waals surface area contributed by atoms with E-state index in [1.54, 1.807) is 7.05 Å². The highest BCUT2D eigenvalue weighted by Crippen LogP contribution is 2.17. The van der Waals surface area contributed by atoms with Gasteiger partial charge in [-0.3, -0.25) is 4.99 Å². The molecular weight excluding hydrogens is 298 g/mol. The molecule has 1 unspecified atom stereocenters. The standard InChI is InChI=1S/C19H29N5/c1-13(2)14(3)22-19(20-6)21-12-18-15(4)23-24(16(18)5)17-10-8-7-9-11-17/h7-11,13-14H,12H2,1-6H3,(H2,20,21,22). The predicted octanol–water partition coefficient (Wildman–Crippen LogP) is 3.20. The second-order valence-electron chi connectivity index (χ2n) is 6.50. The first-order chi connectivity index (χ1) is 11.4. The van der Waals surface area contributed by atoms with Gasteiger partial charge < -0.3 is 10.6 Å². The zero-order chi connectivity index (χ0) is 17.7. The van der Waals surface area contributed by atoms with Crippen LogP contribution in [0.5, 0.6) is 0 Å². The van der Waals surface area contributed by atoms with Crippen LogP contribution in [0.3, 0.4) is 0 Å². The monoisotopic (exact) mass is 327 g/mol. The molecule has 5 heteroatoms. The highest BCUT2D eigenvalue weighted by molar-refractivity contribution is 5.80. The molecule has 5 nitrogen and oxygen atoms in total. The summed E-state index contributed by atoms with van der Waals surface area (Å²) in [5, 5.41) is 11.5. The van der Waals surface area contributed by atoms with Gasteiger partial charge in [0.25, 0.3) is 0 Å².